The van der Waals surface area contributed by atoms with Gasteiger partial charge < -0.3 is 10.1 Å². The lowest BCUT2D eigenvalue weighted by molar-refractivity contribution is -0.137. The van der Waals surface area contributed by atoms with Gasteiger partial charge in [-0.05, 0) is 72.5 Å². The molecule has 0 radical (unpaired) electrons. The van der Waals surface area contributed by atoms with Crippen LogP contribution in [0.2, 0.25) is 0 Å². The molecule has 0 aliphatic carbocycles. The third-order valence-corrected chi connectivity index (χ3v) is 5.29. The number of halogens is 1. The standard InChI is InChI=1S/C26H23FN2O3/c1-16-12-17(2)14-21(13-16)28-24-23(19-6-10-22(32-3)11-7-19)25(30)29(26(24)31)15-18-4-8-20(27)9-5-18/h4-14,28H,15H2,1-3H3. The molecular weight excluding hydrogens is 407 g/mol. The summed E-state index contributed by atoms with van der Waals surface area (Å²) in [5, 5.41) is 3.18. The van der Waals surface area contributed by atoms with E-state index in [-0.39, 0.29) is 18.1 Å². The van der Waals surface area contributed by atoms with E-state index in [9.17, 15) is 14.0 Å². The number of hydrogen-bond donors (Lipinski definition) is 1. The van der Waals surface area contributed by atoms with Crippen LogP contribution in [0.3, 0.4) is 0 Å². The van der Waals surface area contributed by atoms with Crippen LogP contribution in [0.25, 0.3) is 5.57 Å². The number of rotatable bonds is 6. The number of hydrogen-bond acceptors (Lipinski definition) is 4. The number of amides is 2. The Balaban J connectivity index is 1.74. The summed E-state index contributed by atoms with van der Waals surface area (Å²) >= 11 is 0. The minimum atomic E-state index is -0.427. The van der Waals surface area contributed by atoms with E-state index in [1.54, 1.807) is 43.5 Å². The van der Waals surface area contributed by atoms with Gasteiger partial charge in [-0.15, -0.1) is 0 Å². The number of aryl methyl sites for hydroxylation is 2. The summed E-state index contributed by atoms with van der Waals surface area (Å²) in [6, 6.07) is 18.6. The van der Waals surface area contributed by atoms with Crippen LogP contribution in [0.15, 0.2) is 72.4 Å². The van der Waals surface area contributed by atoms with Gasteiger partial charge in [0.05, 0.1) is 19.2 Å². The van der Waals surface area contributed by atoms with Gasteiger partial charge in [0.25, 0.3) is 11.8 Å². The Bertz CT molecular complexity index is 1190. The maximum atomic E-state index is 13.4. The molecule has 0 aromatic heterocycles. The zero-order chi connectivity index (χ0) is 22.8. The van der Waals surface area contributed by atoms with Crippen molar-refractivity contribution in [1.82, 2.24) is 4.90 Å². The van der Waals surface area contributed by atoms with Crippen LogP contribution in [-0.2, 0) is 16.1 Å². The van der Waals surface area contributed by atoms with Gasteiger partial charge in [-0.1, -0.05) is 30.3 Å². The Kier molecular flexibility index (Phi) is 5.77. The first-order chi connectivity index (χ1) is 15.4. The fourth-order valence-electron chi connectivity index (χ4n) is 3.82. The second kappa shape index (κ2) is 8.67. The van der Waals surface area contributed by atoms with E-state index >= 15 is 0 Å². The average Bonchev–Trinajstić information content (AvgIpc) is 2.99. The first kappa shape index (κ1) is 21.3. The molecule has 0 atom stereocenters. The van der Waals surface area contributed by atoms with Crippen molar-refractivity contribution in [3.05, 3.63) is 100 Å². The number of carbonyl (C=O) groups is 2. The summed E-state index contributed by atoms with van der Waals surface area (Å²) in [5.74, 6) is -0.555. The fourth-order valence-corrected chi connectivity index (χ4v) is 3.82. The predicted octanol–water partition coefficient (Wildman–Crippen LogP) is 4.84. The summed E-state index contributed by atoms with van der Waals surface area (Å²) < 4.78 is 18.5. The van der Waals surface area contributed by atoms with Crippen LogP contribution in [0, 0.1) is 19.7 Å². The zero-order valence-corrected chi connectivity index (χ0v) is 18.1. The number of imide groups is 1. The van der Waals surface area contributed by atoms with Crippen molar-refractivity contribution in [2.45, 2.75) is 20.4 Å². The number of benzene rings is 3. The van der Waals surface area contributed by atoms with Crippen molar-refractivity contribution in [3.8, 4) is 5.75 Å². The maximum Gasteiger partial charge on any atom is 0.278 e. The minimum absolute atomic E-state index is 0.0512. The van der Waals surface area contributed by atoms with Crippen molar-refractivity contribution >= 4 is 23.1 Å². The van der Waals surface area contributed by atoms with E-state index in [1.165, 1.54) is 17.0 Å². The highest BCUT2D eigenvalue weighted by Gasteiger charge is 2.39. The van der Waals surface area contributed by atoms with Crippen LogP contribution in [0.4, 0.5) is 10.1 Å². The Morgan fingerprint density at radius 1 is 0.875 bits per heavy atom. The van der Waals surface area contributed by atoms with Crippen molar-refractivity contribution in [2.75, 3.05) is 12.4 Å². The highest BCUT2D eigenvalue weighted by molar-refractivity contribution is 6.36. The Labute approximate surface area is 186 Å². The average molecular weight is 430 g/mol. The molecule has 0 unspecified atom stereocenters. The molecule has 2 amide bonds. The molecule has 3 aromatic rings. The van der Waals surface area contributed by atoms with Gasteiger partial charge in [0.15, 0.2) is 0 Å². The topological polar surface area (TPSA) is 58.6 Å². The molecule has 3 aromatic carbocycles. The van der Waals surface area contributed by atoms with Crippen LogP contribution in [0.1, 0.15) is 22.3 Å². The van der Waals surface area contributed by atoms with Gasteiger partial charge in [-0.25, -0.2) is 4.39 Å². The molecule has 0 fully saturated rings. The van der Waals surface area contributed by atoms with Crippen LogP contribution in [-0.4, -0.2) is 23.8 Å². The molecule has 5 nitrogen and oxygen atoms in total. The van der Waals surface area contributed by atoms with Gasteiger partial charge in [0.2, 0.25) is 0 Å². The van der Waals surface area contributed by atoms with Gasteiger partial charge >= 0.3 is 0 Å². The summed E-state index contributed by atoms with van der Waals surface area (Å²) in [6.07, 6.45) is 0. The molecule has 1 N–H and O–H groups in total. The maximum absolute atomic E-state index is 13.4. The lowest BCUT2D eigenvalue weighted by atomic mass is 10.0. The van der Waals surface area contributed by atoms with Gasteiger partial charge in [-0.2, -0.15) is 0 Å². The lowest BCUT2D eigenvalue weighted by Gasteiger charge is -2.15. The third-order valence-electron chi connectivity index (χ3n) is 5.29. The highest BCUT2D eigenvalue weighted by Crippen LogP contribution is 2.32. The second-order valence-electron chi connectivity index (χ2n) is 7.80. The third kappa shape index (κ3) is 4.25. The Morgan fingerprint density at radius 2 is 1.50 bits per heavy atom. The molecular formula is C26H23FN2O3. The monoisotopic (exact) mass is 430 g/mol. The van der Waals surface area contributed by atoms with Crippen molar-refractivity contribution in [1.29, 1.82) is 0 Å². The van der Waals surface area contributed by atoms with Gasteiger partial charge in [0, 0.05) is 5.69 Å². The Morgan fingerprint density at radius 3 is 2.09 bits per heavy atom. The molecule has 1 heterocycles. The van der Waals surface area contributed by atoms with Crippen molar-refractivity contribution < 1.29 is 18.7 Å². The molecule has 0 bridgehead atoms. The summed E-state index contributed by atoms with van der Waals surface area (Å²) in [6.45, 7) is 3.99. The lowest BCUT2D eigenvalue weighted by Crippen LogP contribution is -2.32. The molecule has 162 valence electrons. The Hall–Kier alpha value is -3.93. The normalized spacial score (nSPS) is 13.7. The molecule has 6 heteroatoms. The SMILES string of the molecule is COc1ccc(C2=C(Nc3cc(C)cc(C)c3)C(=O)N(Cc3ccc(F)cc3)C2=O)cc1. The molecule has 0 spiro atoms. The van der Waals surface area contributed by atoms with Crippen LogP contribution in [0.5, 0.6) is 5.75 Å². The zero-order valence-electron chi connectivity index (χ0n) is 18.1. The first-order valence-corrected chi connectivity index (χ1v) is 10.2. The minimum Gasteiger partial charge on any atom is -0.497 e. The molecule has 0 saturated heterocycles. The number of methoxy groups -OCH3 is 1. The van der Waals surface area contributed by atoms with Crippen LogP contribution >= 0.6 is 0 Å². The van der Waals surface area contributed by atoms with E-state index < -0.39 is 11.8 Å². The van der Waals surface area contributed by atoms with Gasteiger partial charge in [-0.3, -0.25) is 14.5 Å². The van der Waals surface area contributed by atoms with Crippen molar-refractivity contribution in [2.24, 2.45) is 0 Å². The summed E-state index contributed by atoms with van der Waals surface area (Å²) in [7, 11) is 1.57. The highest BCUT2D eigenvalue weighted by atomic mass is 19.1. The molecule has 1 aliphatic heterocycles. The first-order valence-electron chi connectivity index (χ1n) is 10.2. The van der Waals surface area contributed by atoms with Crippen molar-refractivity contribution in [3.63, 3.8) is 0 Å². The van der Waals surface area contributed by atoms with Crippen LogP contribution < -0.4 is 10.1 Å². The van der Waals surface area contributed by atoms with E-state index in [0.717, 1.165) is 16.8 Å². The number of nitrogens with one attached hydrogen (secondary N) is 1. The summed E-state index contributed by atoms with van der Waals surface area (Å²) in [4.78, 5) is 27.9. The molecule has 1 aliphatic rings. The largest absolute Gasteiger partial charge is 0.497 e. The van der Waals surface area contributed by atoms with E-state index in [1.807, 2.05) is 32.0 Å². The second-order valence-corrected chi connectivity index (χ2v) is 7.80. The van der Waals surface area contributed by atoms with E-state index in [2.05, 4.69) is 5.32 Å². The fraction of sp³-hybridized carbons (Fsp3) is 0.154. The summed E-state index contributed by atoms with van der Waals surface area (Å²) in [5.41, 5.74) is 4.59. The number of carbonyl (C=O) groups excluding carboxylic acids is 2. The number of nitrogens with zero attached hydrogens (tertiary/aromatic N) is 1. The number of anilines is 1. The predicted molar refractivity (Wildman–Crippen MR) is 121 cm³/mol. The van der Waals surface area contributed by atoms with E-state index in [4.69, 9.17) is 4.74 Å². The number of ether oxygens (including phenoxy) is 1. The van der Waals surface area contributed by atoms with Gasteiger partial charge in [0.1, 0.15) is 17.3 Å². The smallest absolute Gasteiger partial charge is 0.278 e. The molecule has 32 heavy (non-hydrogen) atoms. The quantitative estimate of drug-likeness (QED) is 0.569. The molecule has 4 rings (SSSR count). The molecule has 0 saturated carbocycles. The van der Waals surface area contributed by atoms with E-state index in [0.29, 0.717) is 22.4 Å².